The SMILES string of the molecule is COC(=O)CC[C@H](C)[C@@H]1CC[C@@H]2[C@H]3CC[C@H]4CC(=O)CC[C@]4(C)[C@@H]3C=C[C@@]21C. The third-order valence-electron chi connectivity index (χ3n) is 9.70. The molecule has 0 amide bonds. The van der Waals surface area contributed by atoms with Crippen molar-refractivity contribution in [2.75, 3.05) is 7.11 Å². The molecule has 4 rings (SSSR count). The van der Waals surface area contributed by atoms with Crippen LogP contribution in [0.4, 0.5) is 0 Å². The van der Waals surface area contributed by atoms with E-state index in [-0.39, 0.29) is 11.4 Å². The van der Waals surface area contributed by atoms with Gasteiger partial charge < -0.3 is 4.74 Å². The normalized spacial score (nSPS) is 45.7. The zero-order valence-corrected chi connectivity index (χ0v) is 18.2. The van der Waals surface area contributed by atoms with Crippen molar-refractivity contribution in [2.24, 2.45) is 46.3 Å². The highest BCUT2D eigenvalue weighted by atomic mass is 16.5. The highest BCUT2D eigenvalue weighted by molar-refractivity contribution is 5.79. The lowest BCUT2D eigenvalue weighted by Crippen LogP contribution is -2.51. The van der Waals surface area contributed by atoms with Gasteiger partial charge in [-0.15, -0.1) is 0 Å². The summed E-state index contributed by atoms with van der Waals surface area (Å²) >= 11 is 0. The van der Waals surface area contributed by atoms with Gasteiger partial charge in [-0.25, -0.2) is 0 Å². The monoisotopic (exact) mass is 386 g/mol. The van der Waals surface area contributed by atoms with Gasteiger partial charge in [-0.3, -0.25) is 9.59 Å². The molecule has 4 aliphatic carbocycles. The molecule has 0 N–H and O–H groups in total. The van der Waals surface area contributed by atoms with Crippen LogP contribution in [0.2, 0.25) is 0 Å². The molecule has 0 radical (unpaired) electrons. The molecule has 4 aliphatic rings. The van der Waals surface area contributed by atoms with Crippen molar-refractivity contribution in [1.29, 1.82) is 0 Å². The fraction of sp³-hybridized carbons (Fsp3) is 0.840. The second kappa shape index (κ2) is 7.29. The number of fused-ring (bicyclic) bond motifs is 5. The highest BCUT2D eigenvalue weighted by Gasteiger charge is 2.58. The van der Waals surface area contributed by atoms with Gasteiger partial charge >= 0.3 is 5.97 Å². The number of hydrogen-bond donors (Lipinski definition) is 0. The molecule has 3 heteroatoms. The Kier molecular flexibility index (Phi) is 5.25. The number of methoxy groups -OCH3 is 1. The minimum Gasteiger partial charge on any atom is -0.469 e. The molecule has 0 unspecified atom stereocenters. The summed E-state index contributed by atoms with van der Waals surface area (Å²) in [5, 5.41) is 0. The number of ketones is 1. The molecule has 0 heterocycles. The number of rotatable bonds is 4. The van der Waals surface area contributed by atoms with Crippen LogP contribution in [0, 0.1) is 46.3 Å². The van der Waals surface area contributed by atoms with E-state index in [1.165, 1.54) is 32.8 Å². The minimum atomic E-state index is -0.0797. The smallest absolute Gasteiger partial charge is 0.305 e. The van der Waals surface area contributed by atoms with Crippen molar-refractivity contribution in [1.82, 2.24) is 0 Å². The highest BCUT2D eigenvalue weighted by Crippen LogP contribution is 2.65. The van der Waals surface area contributed by atoms with Gasteiger partial charge in [-0.1, -0.05) is 32.9 Å². The minimum absolute atomic E-state index is 0.0797. The summed E-state index contributed by atoms with van der Waals surface area (Å²) in [7, 11) is 1.49. The van der Waals surface area contributed by atoms with Crippen molar-refractivity contribution >= 4 is 11.8 Å². The van der Waals surface area contributed by atoms with Crippen LogP contribution in [0.3, 0.4) is 0 Å². The maximum Gasteiger partial charge on any atom is 0.305 e. The molecule has 3 nitrogen and oxygen atoms in total. The Hall–Kier alpha value is -1.12. The Morgan fingerprint density at radius 3 is 2.79 bits per heavy atom. The van der Waals surface area contributed by atoms with Crippen molar-refractivity contribution in [3.8, 4) is 0 Å². The summed E-state index contributed by atoms with van der Waals surface area (Å²) in [4.78, 5) is 23.7. The lowest BCUT2D eigenvalue weighted by molar-refractivity contribution is -0.141. The molecule has 0 spiro atoms. The van der Waals surface area contributed by atoms with Crippen LogP contribution in [0.25, 0.3) is 0 Å². The van der Waals surface area contributed by atoms with Gasteiger partial charge in [0.25, 0.3) is 0 Å². The summed E-state index contributed by atoms with van der Waals surface area (Å²) in [6.45, 7) is 7.32. The van der Waals surface area contributed by atoms with Crippen molar-refractivity contribution < 1.29 is 14.3 Å². The molecular formula is C25H38O3. The molecule has 0 aromatic rings. The topological polar surface area (TPSA) is 43.4 Å². The van der Waals surface area contributed by atoms with Gasteiger partial charge in [0, 0.05) is 19.3 Å². The molecule has 0 aromatic heterocycles. The van der Waals surface area contributed by atoms with E-state index in [1.54, 1.807) is 0 Å². The summed E-state index contributed by atoms with van der Waals surface area (Å²) in [5.41, 5.74) is 0.591. The van der Waals surface area contributed by atoms with Gasteiger partial charge in [0.15, 0.2) is 0 Å². The first-order valence-corrected chi connectivity index (χ1v) is 11.6. The van der Waals surface area contributed by atoms with Crippen LogP contribution in [0.1, 0.15) is 78.6 Å². The number of allylic oxidation sites excluding steroid dienone is 2. The van der Waals surface area contributed by atoms with E-state index in [4.69, 9.17) is 4.74 Å². The van der Waals surface area contributed by atoms with E-state index < -0.39 is 0 Å². The van der Waals surface area contributed by atoms with Gasteiger partial charge in [0.2, 0.25) is 0 Å². The first kappa shape index (κ1) is 20.2. The van der Waals surface area contributed by atoms with E-state index >= 15 is 0 Å². The second-order valence-electron chi connectivity index (χ2n) is 10.8. The molecule has 0 aromatic carbocycles. The van der Waals surface area contributed by atoms with Crippen LogP contribution in [0.5, 0.6) is 0 Å². The van der Waals surface area contributed by atoms with Crippen molar-refractivity contribution in [2.45, 2.75) is 78.6 Å². The molecule has 0 saturated heterocycles. The number of ether oxygens (including phenoxy) is 1. The van der Waals surface area contributed by atoms with E-state index in [9.17, 15) is 9.59 Å². The molecule has 8 atom stereocenters. The Labute approximate surface area is 170 Å². The quantitative estimate of drug-likeness (QED) is 0.468. The Morgan fingerprint density at radius 1 is 1.25 bits per heavy atom. The largest absolute Gasteiger partial charge is 0.469 e. The lowest BCUT2D eigenvalue weighted by Gasteiger charge is -2.58. The van der Waals surface area contributed by atoms with Crippen LogP contribution in [0.15, 0.2) is 12.2 Å². The van der Waals surface area contributed by atoms with Gasteiger partial charge in [0.05, 0.1) is 7.11 Å². The molecule has 156 valence electrons. The molecular weight excluding hydrogens is 348 g/mol. The first-order chi connectivity index (χ1) is 13.3. The maximum absolute atomic E-state index is 12.1. The molecule has 3 fully saturated rings. The molecule has 3 saturated carbocycles. The van der Waals surface area contributed by atoms with Crippen LogP contribution in [-0.2, 0) is 14.3 Å². The van der Waals surface area contributed by atoms with Gasteiger partial charge in [-0.05, 0) is 84.9 Å². The third kappa shape index (κ3) is 3.08. The molecule has 0 bridgehead atoms. The predicted octanol–water partition coefficient (Wildman–Crippen LogP) is 5.58. The zero-order chi connectivity index (χ0) is 20.1. The van der Waals surface area contributed by atoms with E-state index in [0.717, 1.165) is 37.5 Å². The average Bonchev–Trinajstić information content (AvgIpc) is 3.03. The summed E-state index contributed by atoms with van der Waals surface area (Å²) in [6.07, 6.45) is 14.5. The standard InChI is InChI=1S/C25H38O3/c1-16(5-10-23(27)28-4)20-8-9-21-19-7-6-17-15-18(26)11-13-24(17,2)22(19)12-14-25(20,21)3/h12,14,16-17,19-22H,5-11,13,15H2,1-4H3/t16-,17-,19+,20-,21+,22+,24-,25+/m0/s1. The van der Waals surface area contributed by atoms with Crippen LogP contribution in [-0.4, -0.2) is 18.9 Å². The number of Topliss-reactive ketones (excluding diaryl/α,β-unsaturated/α-hetero) is 1. The fourth-order valence-electron chi connectivity index (χ4n) is 8.01. The second-order valence-corrected chi connectivity index (χ2v) is 10.8. The van der Waals surface area contributed by atoms with E-state index in [1.807, 2.05) is 0 Å². The number of hydrogen-bond acceptors (Lipinski definition) is 3. The number of carbonyl (C=O) groups excluding carboxylic acids is 2. The van der Waals surface area contributed by atoms with E-state index in [0.29, 0.717) is 41.3 Å². The Bertz CT molecular complexity index is 667. The Morgan fingerprint density at radius 2 is 2.04 bits per heavy atom. The zero-order valence-electron chi connectivity index (χ0n) is 18.2. The van der Waals surface area contributed by atoms with E-state index in [2.05, 4.69) is 32.9 Å². The lowest BCUT2D eigenvalue weighted by atomic mass is 9.46. The number of esters is 1. The van der Waals surface area contributed by atoms with Gasteiger partial charge in [-0.2, -0.15) is 0 Å². The maximum atomic E-state index is 12.1. The van der Waals surface area contributed by atoms with Crippen LogP contribution < -0.4 is 0 Å². The van der Waals surface area contributed by atoms with Crippen LogP contribution >= 0.6 is 0 Å². The van der Waals surface area contributed by atoms with Crippen molar-refractivity contribution in [3.63, 3.8) is 0 Å². The molecule has 0 aliphatic heterocycles. The Balaban J connectivity index is 1.54. The van der Waals surface area contributed by atoms with Crippen molar-refractivity contribution in [3.05, 3.63) is 12.2 Å². The summed E-state index contributed by atoms with van der Waals surface area (Å²) < 4.78 is 4.86. The molecule has 28 heavy (non-hydrogen) atoms. The fourth-order valence-corrected chi connectivity index (χ4v) is 8.01. The average molecular weight is 387 g/mol. The number of carbonyl (C=O) groups is 2. The van der Waals surface area contributed by atoms with Gasteiger partial charge in [0.1, 0.15) is 5.78 Å². The summed E-state index contributed by atoms with van der Waals surface area (Å²) in [6, 6.07) is 0. The summed E-state index contributed by atoms with van der Waals surface area (Å²) in [5.74, 6) is 4.43. The first-order valence-electron chi connectivity index (χ1n) is 11.6. The third-order valence-corrected chi connectivity index (χ3v) is 9.70. The predicted molar refractivity (Wildman–Crippen MR) is 111 cm³/mol.